The van der Waals surface area contributed by atoms with Crippen molar-refractivity contribution in [1.29, 1.82) is 0 Å². The van der Waals surface area contributed by atoms with Gasteiger partial charge in [-0.05, 0) is 37.8 Å². The zero-order valence-electron chi connectivity index (χ0n) is 20.0. The van der Waals surface area contributed by atoms with Crippen LogP contribution in [0.4, 0.5) is 11.8 Å². The number of hydrogen-bond donors (Lipinski definition) is 2. The molecule has 1 aliphatic rings. The van der Waals surface area contributed by atoms with Gasteiger partial charge < -0.3 is 15.2 Å². The maximum Gasteiger partial charge on any atom is 0.227 e. The summed E-state index contributed by atoms with van der Waals surface area (Å²) in [5.74, 6) is 1.45. The minimum Gasteiger partial charge on any atom is -0.364 e. The van der Waals surface area contributed by atoms with Crippen molar-refractivity contribution in [2.24, 2.45) is 0 Å². The van der Waals surface area contributed by atoms with Gasteiger partial charge in [0.1, 0.15) is 0 Å². The van der Waals surface area contributed by atoms with Crippen molar-refractivity contribution in [3.05, 3.63) is 78.1 Å². The van der Waals surface area contributed by atoms with Gasteiger partial charge in [0.15, 0.2) is 17.0 Å². The molecular weight excluding hydrogens is 422 g/mol. The van der Waals surface area contributed by atoms with E-state index in [0.29, 0.717) is 18.5 Å². The Hall–Kier alpha value is -3.45. The molecule has 3 heterocycles. The number of rotatable bonds is 8. The molecule has 0 atom stereocenters. The summed E-state index contributed by atoms with van der Waals surface area (Å²) in [4.78, 5) is 16.9. The SMILES string of the molecule is CC(C)n1cnc2c(NCc3ccccc3)nc(NC3CCN(Cc4ccccc4)CC3)nc21. The highest BCUT2D eigenvalue weighted by Crippen LogP contribution is 2.25. The van der Waals surface area contributed by atoms with Crippen LogP contribution in [0.5, 0.6) is 0 Å². The lowest BCUT2D eigenvalue weighted by atomic mass is 10.0. The third-order valence-corrected chi connectivity index (χ3v) is 6.45. The molecule has 0 radical (unpaired) electrons. The summed E-state index contributed by atoms with van der Waals surface area (Å²) < 4.78 is 2.11. The second-order valence-electron chi connectivity index (χ2n) is 9.33. The minimum atomic E-state index is 0.274. The Morgan fingerprint density at radius 1 is 0.912 bits per heavy atom. The van der Waals surface area contributed by atoms with E-state index in [0.717, 1.165) is 49.5 Å². The van der Waals surface area contributed by atoms with E-state index >= 15 is 0 Å². The van der Waals surface area contributed by atoms with Crippen LogP contribution in [0.15, 0.2) is 67.0 Å². The number of nitrogens with one attached hydrogen (secondary N) is 2. The van der Waals surface area contributed by atoms with Crippen LogP contribution in [0.25, 0.3) is 11.2 Å². The van der Waals surface area contributed by atoms with E-state index in [4.69, 9.17) is 9.97 Å². The number of imidazole rings is 1. The van der Waals surface area contributed by atoms with Gasteiger partial charge in [0.05, 0.1) is 6.33 Å². The summed E-state index contributed by atoms with van der Waals surface area (Å²) >= 11 is 0. The van der Waals surface area contributed by atoms with E-state index in [1.54, 1.807) is 0 Å². The first kappa shape index (κ1) is 22.3. The van der Waals surface area contributed by atoms with Gasteiger partial charge in [-0.3, -0.25) is 4.90 Å². The van der Waals surface area contributed by atoms with Crippen LogP contribution < -0.4 is 10.6 Å². The Bertz CT molecular complexity index is 1200. The molecule has 2 aromatic heterocycles. The lowest BCUT2D eigenvalue weighted by Crippen LogP contribution is -2.39. The third kappa shape index (κ3) is 5.20. The zero-order chi connectivity index (χ0) is 23.3. The average Bonchev–Trinajstić information content (AvgIpc) is 3.30. The van der Waals surface area contributed by atoms with Crippen molar-refractivity contribution in [1.82, 2.24) is 24.4 Å². The van der Waals surface area contributed by atoms with Crippen molar-refractivity contribution in [2.45, 2.75) is 51.9 Å². The second-order valence-corrected chi connectivity index (χ2v) is 9.33. The molecule has 0 amide bonds. The number of aromatic nitrogens is 4. The first-order valence-corrected chi connectivity index (χ1v) is 12.2. The number of hydrogen-bond acceptors (Lipinski definition) is 6. The molecule has 176 valence electrons. The van der Waals surface area contributed by atoms with Crippen LogP contribution in [0.3, 0.4) is 0 Å². The topological polar surface area (TPSA) is 70.9 Å². The van der Waals surface area contributed by atoms with Gasteiger partial charge in [-0.2, -0.15) is 9.97 Å². The molecule has 34 heavy (non-hydrogen) atoms. The molecule has 1 aliphatic heterocycles. The monoisotopic (exact) mass is 455 g/mol. The second kappa shape index (κ2) is 10.2. The molecule has 2 aromatic carbocycles. The zero-order valence-corrected chi connectivity index (χ0v) is 20.0. The number of anilines is 2. The highest BCUT2D eigenvalue weighted by molar-refractivity contribution is 5.84. The highest BCUT2D eigenvalue weighted by Gasteiger charge is 2.21. The summed E-state index contributed by atoms with van der Waals surface area (Å²) in [6, 6.07) is 21.7. The fourth-order valence-corrected chi connectivity index (χ4v) is 4.52. The van der Waals surface area contributed by atoms with Crippen LogP contribution in [0.1, 0.15) is 43.9 Å². The molecule has 1 fully saturated rings. The van der Waals surface area contributed by atoms with Gasteiger partial charge in [-0.25, -0.2) is 4.98 Å². The van der Waals surface area contributed by atoms with Crippen LogP contribution in [-0.4, -0.2) is 43.6 Å². The Morgan fingerprint density at radius 3 is 2.26 bits per heavy atom. The fourth-order valence-electron chi connectivity index (χ4n) is 4.52. The van der Waals surface area contributed by atoms with E-state index in [1.807, 2.05) is 12.4 Å². The summed E-state index contributed by atoms with van der Waals surface area (Å²) in [5, 5.41) is 7.11. The minimum absolute atomic E-state index is 0.274. The molecule has 0 unspecified atom stereocenters. The van der Waals surface area contributed by atoms with Crippen LogP contribution in [-0.2, 0) is 13.1 Å². The largest absolute Gasteiger partial charge is 0.364 e. The van der Waals surface area contributed by atoms with Gasteiger partial charge in [-0.1, -0.05) is 60.7 Å². The van der Waals surface area contributed by atoms with Gasteiger partial charge in [0.25, 0.3) is 0 Å². The maximum absolute atomic E-state index is 4.88. The summed E-state index contributed by atoms with van der Waals surface area (Å²) in [7, 11) is 0. The first-order chi connectivity index (χ1) is 16.7. The van der Waals surface area contributed by atoms with E-state index in [2.05, 4.69) is 93.5 Å². The molecule has 2 N–H and O–H groups in total. The van der Waals surface area contributed by atoms with E-state index in [9.17, 15) is 0 Å². The molecule has 0 aliphatic carbocycles. The quantitative estimate of drug-likeness (QED) is 0.385. The first-order valence-electron chi connectivity index (χ1n) is 12.2. The molecule has 5 rings (SSSR count). The Kier molecular flexibility index (Phi) is 6.72. The number of benzene rings is 2. The average molecular weight is 456 g/mol. The van der Waals surface area contributed by atoms with Gasteiger partial charge in [-0.15, -0.1) is 0 Å². The standard InChI is InChI=1S/C27H33N7/c1-20(2)34-19-29-24-25(28-17-21-9-5-3-6-10-21)31-27(32-26(24)34)30-23-13-15-33(16-14-23)18-22-11-7-4-8-12-22/h3-12,19-20,23H,13-18H2,1-2H3,(H2,28,30,31,32). The smallest absolute Gasteiger partial charge is 0.227 e. The number of fused-ring (bicyclic) bond motifs is 1. The van der Waals surface area contributed by atoms with Crippen molar-refractivity contribution in [3.8, 4) is 0 Å². The van der Waals surface area contributed by atoms with Crippen LogP contribution in [0.2, 0.25) is 0 Å². The lowest BCUT2D eigenvalue weighted by Gasteiger charge is -2.32. The van der Waals surface area contributed by atoms with E-state index in [1.165, 1.54) is 11.1 Å². The third-order valence-electron chi connectivity index (χ3n) is 6.45. The predicted molar refractivity (Wildman–Crippen MR) is 138 cm³/mol. The Labute approximate surface area is 201 Å². The van der Waals surface area contributed by atoms with Crippen molar-refractivity contribution >= 4 is 22.9 Å². The van der Waals surface area contributed by atoms with Gasteiger partial charge in [0.2, 0.25) is 5.95 Å². The molecule has 0 spiro atoms. The van der Waals surface area contributed by atoms with Crippen LogP contribution >= 0.6 is 0 Å². The summed E-state index contributed by atoms with van der Waals surface area (Å²) in [5.41, 5.74) is 4.26. The van der Waals surface area contributed by atoms with E-state index < -0.39 is 0 Å². The number of piperidine rings is 1. The van der Waals surface area contributed by atoms with Crippen LogP contribution in [0, 0.1) is 0 Å². The van der Waals surface area contributed by atoms with Gasteiger partial charge in [0, 0.05) is 38.3 Å². The van der Waals surface area contributed by atoms with Crippen molar-refractivity contribution in [3.63, 3.8) is 0 Å². The Balaban J connectivity index is 1.30. The van der Waals surface area contributed by atoms with Crippen molar-refractivity contribution in [2.75, 3.05) is 23.7 Å². The lowest BCUT2D eigenvalue weighted by molar-refractivity contribution is 0.211. The molecule has 4 aromatic rings. The van der Waals surface area contributed by atoms with E-state index in [-0.39, 0.29) is 6.04 Å². The van der Waals surface area contributed by atoms with Gasteiger partial charge >= 0.3 is 0 Å². The Morgan fingerprint density at radius 2 is 1.59 bits per heavy atom. The fraction of sp³-hybridized carbons (Fsp3) is 0.370. The summed E-state index contributed by atoms with van der Waals surface area (Å²) in [6.45, 7) is 8.14. The molecule has 7 heteroatoms. The molecular formula is C27H33N7. The normalized spacial score (nSPS) is 15.1. The van der Waals surface area contributed by atoms with Crippen molar-refractivity contribution < 1.29 is 0 Å². The molecule has 7 nitrogen and oxygen atoms in total. The number of nitrogens with zero attached hydrogens (tertiary/aromatic N) is 5. The molecule has 0 bridgehead atoms. The highest BCUT2D eigenvalue weighted by atomic mass is 15.2. The molecule has 1 saturated heterocycles. The maximum atomic E-state index is 4.88. The number of likely N-dealkylation sites (tertiary alicyclic amines) is 1. The predicted octanol–water partition coefficient (Wildman–Crippen LogP) is 5.10. The molecule has 0 saturated carbocycles. The summed E-state index contributed by atoms with van der Waals surface area (Å²) in [6.07, 6.45) is 4.01.